The molecule has 0 heterocycles. The van der Waals surface area contributed by atoms with Gasteiger partial charge in [-0.3, -0.25) is 0 Å². The second-order valence-corrected chi connectivity index (χ2v) is 14.0. The lowest BCUT2D eigenvalue weighted by Gasteiger charge is -2.29. The van der Waals surface area contributed by atoms with Crippen molar-refractivity contribution in [3.8, 4) is 33.4 Å². The molecule has 238 valence electrons. The summed E-state index contributed by atoms with van der Waals surface area (Å²) in [6, 6.07) is 42.3. The number of benzene rings is 7. The van der Waals surface area contributed by atoms with Gasteiger partial charge in [0.2, 0.25) is 0 Å². The Hall–Kier alpha value is -5.41. The van der Waals surface area contributed by atoms with E-state index in [1.165, 1.54) is 45.0 Å². The average molecular weight is 643 g/mol. The zero-order chi connectivity index (χ0) is 33.5. The molecule has 0 fully saturated rings. The fraction of sp³-hybridized carbons (Fsp3) is 0.130. The molecule has 49 heavy (non-hydrogen) atoms. The second-order valence-electron chi connectivity index (χ2n) is 14.0. The van der Waals surface area contributed by atoms with Crippen molar-refractivity contribution in [1.82, 2.24) is 0 Å². The minimum absolute atomic E-state index is 0.0823. The van der Waals surface area contributed by atoms with Gasteiger partial charge in [0, 0.05) is 5.92 Å². The lowest BCUT2D eigenvalue weighted by Crippen LogP contribution is -2.24. The van der Waals surface area contributed by atoms with Crippen molar-refractivity contribution in [2.24, 2.45) is 5.92 Å². The molecule has 0 saturated heterocycles. The van der Waals surface area contributed by atoms with E-state index in [9.17, 15) is 13.2 Å². The summed E-state index contributed by atoms with van der Waals surface area (Å²) in [4.78, 5) is 0. The van der Waals surface area contributed by atoms with Crippen molar-refractivity contribution in [3.05, 3.63) is 168 Å². The van der Waals surface area contributed by atoms with Crippen molar-refractivity contribution in [1.29, 1.82) is 0 Å². The molecule has 2 aliphatic carbocycles. The number of halogens is 3. The van der Waals surface area contributed by atoms with Crippen LogP contribution in [-0.2, 0) is 11.6 Å². The average Bonchev–Trinajstić information content (AvgIpc) is 3.36. The van der Waals surface area contributed by atoms with Crippen molar-refractivity contribution >= 4 is 32.3 Å². The molecular formula is C46H33F3. The number of hydrogen-bond acceptors (Lipinski definition) is 0. The van der Waals surface area contributed by atoms with E-state index in [2.05, 4.69) is 129 Å². The molecule has 7 aromatic carbocycles. The van der Waals surface area contributed by atoms with Gasteiger partial charge in [-0.2, -0.15) is 13.2 Å². The number of fused-ring (bicyclic) bond motifs is 7. The molecule has 0 saturated carbocycles. The van der Waals surface area contributed by atoms with E-state index >= 15 is 0 Å². The third-order valence-corrected chi connectivity index (χ3v) is 11.0. The van der Waals surface area contributed by atoms with Crippen LogP contribution >= 0.6 is 0 Å². The van der Waals surface area contributed by atoms with Gasteiger partial charge in [0.1, 0.15) is 0 Å². The Morgan fingerprint density at radius 3 is 1.82 bits per heavy atom. The minimum atomic E-state index is -4.38. The van der Waals surface area contributed by atoms with Gasteiger partial charge in [-0.05, 0) is 112 Å². The highest BCUT2D eigenvalue weighted by Crippen LogP contribution is 2.57. The van der Waals surface area contributed by atoms with Crippen LogP contribution in [0.25, 0.3) is 65.7 Å². The zero-order valence-corrected chi connectivity index (χ0v) is 27.2. The van der Waals surface area contributed by atoms with Crippen LogP contribution in [0.3, 0.4) is 0 Å². The summed E-state index contributed by atoms with van der Waals surface area (Å²) in [5, 5.41) is 6.99. The lowest BCUT2D eigenvalue weighted by molar-refractivity contribution is -0.137. The molecule has 9 rings (SSSR count). The molecule has 0 radical (unpaired) electrons. The Kier molecular flexibility index (Phi) is 6.55. The van der Waals surface area contributed by atoms with E-state index in [0.717, 1.165) is 44.0 Å². The van der Waals surface area contributed by atoms with Crippen LogP contribution in [0, 0.1) is 5.92 Å². The maximum absolute atomic E-state index is 13.5. The van der Waals surface area contributed by atoms with Crippen molar-refractivity contribution in [3.63, 3.8) is 0 Å². The number of rotatable bonds is 3. The van der Waals surface area contributed by atoms with Gasteiger partial charge in [0.25, 0.3) is 0 Å². The summed E-state index contributed by atoms with van der Waals surface area (Å²) >= 11 is 0. The summed E-state index contributed by atoms with van der Waals surface area (Å²) in [6.45, 7) is 4.74. The van der Waals surface area contributed by atoms with E-state index in [1.807, 2.05) is 12.1 Å². The number of alkyl halides is 3. The van der Waals surface area contributed by atoms with Crippen molar-refractivity contribution in [2.75, 3.05) is 0 Å². The van der Waals surface area contributed by atoms with E-state index < -0.39 is 11.7 Å². The van der Waals surface area contributed by atoms with Gasteiger partial charge in [0.15, 0.2) is 0 Å². The van der Waals surface area contributed by atoms with Crippen LogP contribution in [0.5, 0.6) is 0 Å². The molecule has 0 nitrogen and oxygen atoms in total. The Bertz CT molecular complexity index is 2500. The molecule has 2 atom stereocenters. The van der Waals surface area contributed by atoms with Crippen molar-refractivity contribution in [2.45, 2.75) is 31.4 Å². The highest BCUT2D eigenvalue weighted by atomic mass is 19.4. The molecule has 0 amide bonds. The highest BCUT2D eigenvalue weighted by molar-refractivity contribution is 6.24. The first-order valence-corrected chi connectivity index (χ1v) is 16.8. The first-order valence-electron chi connectivity index (χ1n) is 16.8. The minimum Gasteiger partial charge on any atom is -0.166 e. The van der Waals surface area contributed by atoms with Gasteiger partial charge in [0.05, 0.1) is 5.56 Å². The molecule has 0 N–H and O–H groups in total. The molecule has 2 unspecified atom stereocenters. The molecule has 0 bridgehead atoms. The Labute approximate surface area is 283 Å². The van der Waals surface area contributed by atoms with Gasteiger partial charge < -0.3 is 0 Å². The smallest absolute Gasteiger partial charge is 0.166 e. The summed E-state index contributed by atoms with van der Waals surface area (Å²) < 4.78 is 40.5. The quantitative estimate of drug-likeness (QED) is 0.168. The molecule has 7 aromatic rings. The fourth-order valence-corrected chi connectivity index (χ4v) is 8.66. The Morgan fingerprint density at radius 1 is 0.510 bits per heavy atom. The topological polar surface area (TPSA) is 0 Å². The third kappa shape index (κ3) is 4.52. The van der Waals surface area contributed by atoms with Crippen LogP contribution in [-0.4, -0.2) is 0 Å². The largest absolute Gasteiger partial charge is 0.416 e. The maximum atomic E-state index is 13.5. The van der Waals surface area contributed by atoms with Gasteiger partial charge >= 0.3 is 6.18 Å². The second kappa shape index (κ2) is 10.8. The highest BCUT2D eigenvalue weighted by Gasteiger charge is 2.45. The standard InChI is InChI=1S/C46H33F3/c1-45(2)40-19-11-10-18-37(40)44-33-15-7-6-14-32(33)39(27-41(44)45)43-35-17-9-8-16-34(35)42(29-12-4-3-5-13-29)36-25-22-30(26-38(36)43)28-20-23-31(24-21-28)46(47,48)49/h3-27,37,40H,1-2H3. The first-order chi connectivity index (χ1) is 23.7. The third-order valence-electron chi connectivity index (χ3n) is 11.0. The maximum Gasteiger partial charge on any atom is 0.416 e. The number of hydrogen-bond donors (Lipinski definition) is 0. The molecule has 0 spiro atoms. The van der Waals surface area contributed by atoms with Crippen LogP contribution in [0.1, 0.15) is 36.5 Å². The van der Waals surface area contributed by atoms with E-state index in [1.54, 1.807) is 12.1 Å². The Morgan fingerprint density at radius 2 is 1.10 bits per heavy atom. The summed E-state index contributed by atoms with van der Waals surface area (Å²) in [7, 11) is 0. The lowest BCUT2D eigenvalue weighted by atomic mass is 9.74. The van der Waals surface area contributed by atoms with Crippen LogP contribution in [0.15, 0.2) is 152 Å². The van der Waals surface area contributed by atoms with Crippen molar-refractivity contribution < 1.29 is 13.2 Å². The SMILES string of the molecule is CC1(C)c2cc(-c3c4ccccc4c(-c4ccccc4)c4ccc(-c5ccc(C(F)(F)F)cc5)cc34)c3ccccc3c2C2C=CC=CC21. The summed E-state index contributed by atoms with van der Waals surface area (Å²) in [6.07, 6.45) is 4.71. The van der Waals surface area contributed by atoms with Gasteiger partial charge in [-0.25, -0.2) is 0 Å². The summed E-state index contributed by atoms with van der Waals surface area (Å²) in [5.74, 6) is 0.681. The predicted molar refractivity (Wildman–Crippen MR) is 198 cm³/mol. The number of allylic oxidation sites excluding steroid dienone is 4. The van der Waals surface area contributed by atoms with Gasteiger partial charge in [-0.15, -0.1) is 0 Å². The zero-order valence-electron chi connectivity index (χ0n) is 27.2. The van der Waals surface area contributed by atoms with Gasteiger partial charge in [-0.1, -0.05) is 141 Å². The first kappa shape index (κ1) is 29.7. The fourth-order valence-electron chi connectivity index (χ4n) is 8.66. The van der Waals surface area contributed by atoms with Crippen LogP contribution in [0.4, 0.5) is 13.2 Å². The molecular weight excluding hydrogens is 610 g/mol. The predicted octanol–water partition coefficient (Wildman–Crippen LogP) is 13.3. The Balaban J connectivity index is 1.41. The molecule has 3 heteroatoms. The normalized spacial score (nSPS) is 17.9. The molecule has 0 aliphatic heterocycles. The van der Waals surface area contributed by atoms with E-state index in [-0.39, 0.29) is 5.41 Å². The molecule has 0 aromatic heterocycles. The monoisotopic (exact) mass is 642 g/mol. The van der Waals surface area contributed by atoms with E-state index in [0.29, 0.717) is 11.8 Å². The van der Waals surface area contributed by atoms with Crippen LogP contribution in [0.2, 0.25) is 0 Å². The van der Waals surface area contributed by atoms with E-state index in [4.69, 9.17) is 0 Å². The van der Waals surface area contributed by atoms with Crippen LogP contribution < -0.4 is 0 Å². The molecule has 2 aliphatic rings. The summed E-state index contributed by atoms with van der Waals surface area (Å²) in [5.41, 5.74) is 8.29.